The molecule has 1 aliphatic carbocycles. The number of phosphoric acid groups is 1. The average molecular weight is 268 g/mol. The summed E-state index contributed by atoms with van der Waals surface area (Å²) < 4.78 is 25.8. The van der Waals surface area contributed by atoms with Crippen molar-refractivity contribution in [1.29, 1.82) is 0 Å². The van der Waals surface area contributed by atoms with Gasteiger partial charge in [-0.25, -0.2) is 4.57 Å². The normalized spacial score (nSPS) is 20.4. The molecule has 0 aliphatic heterocycles. The van der Waals surface area contributed by atoms with Gasteiger partial charge in [0.25, 0.3) is 0 Å². The maximum absolute atomic E-state index is 10.7. The van der Waals surface area contributed by atoms with Crippen LogP contribution in [0.4, 0.5) is 0 Å². The van der Waals surface area contributed by atoms with Gasteiger partial charge in [0.1, 0.15) is 6.10 Å². The fraction of sp³-hybridized carbons (Fsp3) is 1.00. The van der Waals surface area contributed by atoms with Crippen LogP contribution in [-0.2, 0) is 18.6 Å². The molecule has 0 saturated heterocycles. The van der Waals surface area contributed by atoms with Crippen molar-refractivity contribution in [1.82, 2.24) is 0 Å². The van der Waals surface area contributed by atoms with Crippen LogP contribution in [0.2, 0.25) is 0 Å². The van der Waals surface area contributed by atoms with Gasteiger partial charge in [-0.2, -0.15) is 0 Å². The Labute approximate surface area is 101 Å². The molecular formula is C10H21O6P. The summed E-state index contributed by atoms with van der Waals surface area (Å²) in [6.07, 6.45) is 5.02. The van der Waals surface area contributed by atoms with Crippen molar-refractivity contribution in [2.75, 3.05) is 20.3 Å². The van der Waals surface area contributed by atoms with Crippen LogP contribution in [0.15, 0.2) is 0 Å². The van der Waals surface area contributed by atoms with Crippen molar-refractivity contribution in [3.63, 3.8) is 0 Å². The van der Waals surface area contributed by atoms with Crippen LogP contribution in [0, 0.1) is 0 Å². The van der Waals surface area contributed by atoms with Crippen molar-refractivity contribution < 1.29 is 28.3 Å². The van der Waals surface area contributed by atoms with Gasteiger partial charge in [-0.1, -0.05) is 19.3 Å². The molecule has 1 saturated carbocycles. The largest absolute Gasteiger partial charge is 0.470 e. The van der Waals surface area contributed by atoms with E-state index in [1.54, 1.807) is 0 Å². The Kier molecular flexibility index (Phi) is 6.62. The zero-order valence-electron chi connectivity index (χ0n) is 10.1. The summed E-state index contributed by atoms with van der Waals surface area (Å²) in [4.78, 5) is 17.5. The number of hydrogen-bond donors (Lipinski definition) is 2. The molecule has 1 atom stereocenters. The standard InChI is InChI=1S/C10H21O6P/c1-14-7-10(16-17(11,12)13)8-15-9-5-3-2-4-6-9/h9-10H,2-8H2,1H3,(H2,11,12,13). The lowest BCUT2D eigenvalue weighted by atomic mass is 9.98. The molecule has 0 aromatic heterocycles. The molecule has 1 fully saturated rings. The molecule has 7 heteroatoms. The predicted molar refractivity (Wildman–Crippen MR) is 61.6 cm³/mol. The molecule has 6 nitrogen and oxygen atoms in total. The molecule has 1 unspecified atom stereocenters. The smallest absolute Gasteiger partial charge is 0.382 e. The van der Waals surface area contributed by atoms with E-state index in [-0.39, 0.29) is 19.3 Å². The first-order valence-corrected chi connectivity index (χ1v) is 7.39. The third-order valence-electron chi connectivity index (χ3n) is 2.71. The Balaban J connectivity index is 2.30. The van der Waals surface area contributed by atoms with Crippen LogP contribution in [-0.4, -0.2) is 42.3 Å². The van der Waals surface area contributed by atoms with Crippen molar-refractivity contribution in [2.24, 2.45) is 0 Å². The van der Waals surface area contributed by atoms with Gasteiger partial charge in [0, 0.05) is 7.11 Å². The van der Waals surface area contributed by atoms with Gasteiger partial charge in [-0.3, -0.25) is 4.52 Å². The van der Waals surface area contributed by atoms with E-state index in [0.29, 0.717) is 0 Å². The summed E-state index contributed by atoms with van der Waals surface area (Å²) in [6.45, 7) is 0.265. The number of ether oxygens (including phenoxy) is 2. The maximum atomic E-state index is 10.7. The Morgan fingerprint density at radius 2 is 1.88 bits per heavy atom. The third kappa shape index (κ3) is 7.13. The van der Waals surface area contributed by atoms with E-state index >= 15 is 0 Å². The minimum atomic E-state index is -4.48. The molecule has 2 N–H and O–H groups in total. The minimum Gasteiger partial charge on any atom is -0.382 e. The van der Waals surface area contributed by atoms with Gasteiger partial charge >= 0.3 is 7.82 Å². The fourth-order valence-corrected chi connectivity index (χ4v) is 2.47. The Hall–Kier alpha value is 0.0300. The Morgan fingerprint density at radius 1 is 1.24 bits per heavy atom. The lowest BCUT2D eigenvalue weighted by molar-refractivity contribution is -0.0444. The molecule has 0 radical (unpaired) electrons. The molecule has 0 aromatic carbocycles. The molecule has 0 heterocycles. The van der Waals surface area contributed by atoms with Gasteiger partial charge in [-0.05, 0) is 12.8 Å². The van der Waals surface area contributed by atoms with Gasteiger partial charge in [0.15, 0.2) is 0 Å². The lowest BCUT2D eigenvalue weighted by Gasteiger charge is -2.25. The van der Waals surface area contributed by atoms with E-state index in [2.05, 4.69) is 4.52 Å². The fourth-order valence-electron chi connectivity index (χ4n) is 1.96. The molecule has 0 aromatic rings. The Morgan fingerprint density at radius 3 is 2.41 bits per heavy atom. The number of methoxy groups -OCH3 is 1. The third-order valence-corrected chi connectivity index (χ3v) is 3.28. The zero-order chi connectivity index (χ0) is 12.7. The topological polar surface area (TPSA) is 85.2 Å². The first-order chi connectivity index (χ1) is 8.01. The average Bonchev–Trinajstić information content (AvgIpc) is 2.26. The summed E-state index contributed by atoms with van der Waals surface area (Å²) in [5, 5.41) is 0. The SMILES string of the molecule is COCC(COC1CCCCC1)OP(=O)(O)O. The van der Waals surface area contributed by atoms with Gasteiger partial charge in [-0.15, -0.1) is 0 Å². The molecule has 1 rings (SSSR count). The predicted octanol–water partition coefficient (Wildman–Crippen LogP) is 1.46. The number of phosphoric ester groups is 1. The maximum Gasteiger partial charge on any atom is 0.470 e. The van der Waals surface area contributed by atoms with Crippen molar-refractivity contribution in [3.05, 3.63) is 0 Å². The van der Waals surface area contributed by atoms with E-state index in [1.165, 1.54) is 13.5 Å². The first kappa shape index (κ1) is 15.1. The monoisotopic (exact) mass is 268 g/mol. The van der Waals surface area contributed by atoms with Crippen molar-refractivity contribution in [3.8, 4) is 0 Å². The number of hydrogen-bond acceptors (Lipinski definition) is 4. The van der Waals surface area contributed by atoms with Crippen LogP contribution in [0.25, 0.3) is 0 Å². The molecule has 0 spiro atoms. The van der Waals surface area contributed by atoms with Gasteiger partial charge in [0.2, 0.25) is 0 Å². The van der Waals surface area contributed by atoms with E-state index in [1.807, 2.05) is 0 Å². The van der Waals surface area contributed by atoms with Crippen LogP contribution in [0.3, 0.4) is 0 Å². The second-order valence-electron chi connectivity index (χ2n) is 4.27. The molecular weight excluding hydrogens is 247 g/mol. The highest BCUT2D eigenvalue weighted by Gasteiger charge is 2.24. The van der Waals surface area contributed by atoms with Crippen molar-refractivity contribution in [2.45, 2.75) is 44.3 Å². The van der Waals surface area contributed by atoms with E-state index < -0.39 is 13.9 Å². The van der Waals surface area contributed by atoms with E-state index in [0.717, 1.165) is 25.7 Å². The second-order valence-corrected chi connectivity index (χ2v) is 5.46. The molecule has 0 bridgehead atoms. The molecule has 17 heavy (non-hydrogen) atoms. The summed E-state index contributed by atoms with van der Waals surface area (Å²) in [5.74, 6) is 0. The van der Waals surface area contributed by atoms with E-state index in [9.17, 15) is 4.57 Å². The van der Waals surface area contributed by atoms with Gasteiger partial charge < -0.3 is 19.3 Å². The van der Waals surface area contributed by atoms with Gasteiger partial charge in [0.05, 0.1) is 19.3 Å². The highest BCUT2D eigenvalue weighted by atomic mass is 31.2. The summed E-state index contributed by atoms with van der Waals surface area (Å²) in [6, 6.07) is 0. The summed E-state index contributed by atoms with van der Waals surface area (Å²) in [5.41, 5.74) is 0. The molecule has 0 amide bonds. The summed E-state index contributed by atoms with van der Waals surface area (Å²) in [7, 11) is -3.03. The first-order valence-electron chi connectivity index (χ1n) is 5.86. The highest BCUT2D eigenvalue weighted by molar-refractivity contribution is 7.46. The second kappa shape index (κ2) is 7.46. The quantitative estimate of drug-likeness (QED) is 0.680. The van der Waals surface area contributed by atoms with Crippen LogP contribution in [0.1, 0.15) is 32.1 Å². The molecule has 1 aliphatic rings. The van der Waals surface area contributed by atoms with Crippen LogP contribution in [0.5, 0.6) is 0 Å². The van der Waals surface area contributed by atoms with E-state index in [4.69, 9.17) is 19.3 Å². The highest BCUT2D eigenvalue weighted by Crippen LogP contribution is 2.37. The van der Waals surface area contributed by atoms with Crippen LogP contribution >= 0.6 is 7.82 Å². The Bertz CT molecular complexity index is 247. The summed E-state index contributed by atoms with van der Waals surface area (Å²) >= 11 is 0. The zero-order valence-corrected chi connectivity index (χ0v) is 11.0. The van der Waals surface area contributed by atoms with Crippen LogP contribution < -0.4 is 0 Å². The number of rotatable bonds is 7. The lowest BCUT2D eigenvalue weighted by Crippen LogP contribution is -2.28. The van der Waals surface area contributed by atoms with Crippen molar-refractivity contribution >= 4 is 7.82 Å². The molecule has 102 valence electrons. The minimum absolute atomic E-state index is 0.109.